The van der Waals surface area contributed by atoms with Crippen LogP contribution in [0.25, 0.3) is 10.9 Å². The van der Waals surface area contributed by atoms with E-state index in [4.69, 9.17) is 4.74 Å². The number of nitrogens with one attached hydrogen (secondary N) is 1. The van der Waals surface area contributed by atoms with Crippen LogP contribution in [-0.4, -0.2) is 17.6 Å². The molecule has 23 heavy (non-hydrogen) atoms. The van der Waals surface area contributed by atoms with Crippen LogP contribution in [0, 0.1) is 6.92 Å². The Morgan fingerprint density at radius 2 is 2.00 bits per heavy atom. The highest BCUT2D eigenvalue weighted by molar-refractivity contribution is 7.98. The van der Waals surface area contributed by atoms with Crippen molar-refractivity contribution in [2.24, 2.45) is 0 Å². The van der Waals surface area contributed by atoms with Crippen molar-refractivity contribution in [2.75, 3.05) is 13.7 Å². The number of hydrogen-bond donors (Lipinski definition) is 1. The van der Waals surface area contributed by atoms with E-state index < -0.39 is 0 Å². The van der Waals surface area contributed by atoms with Gasteiger partial charge in [0, 0.05) is 18.1 Å². The summed E-state index contributed by atoms with van der Waals surface area (Å²) in [6, 6.07) is 12.8. The predicted molar refractivity (Wildman–Crippen MR) is 96.3 cm³/mol. The molecule has 0 spiro atoms. The Hall–Kier alpha value is -1.91. The van der Waals surface area contributed by atoms with Gasteiger partial charge in [-0.05, 0) is 60.7 Å². The minimum Gasteiger partial charge on any atom is -0.496 e. The first-order valence-corrected chi connectivity index (χ1v) is 8.70. The van der Waals surface area contributed by atoms with E-state index in [-0.39, 0.29) is 0 Å². The monoisotopic (exact) mass is 324 g/mol. The number of ether oxygens (including phenoxy) is 1. The van der Waals surface area contributed by atoms with Crippen LogP contribution in [0.4, 0.5) is 0 Å². The lowest BCUT2D eigenvalue weighted by Crippen LogP contribution is -2.13. The van der Waals surface area contributed by atoms with E-state index >= 15 is 0 Å². The van der Waals surface area contributed by atoms with Gasteiger partial charge in [0.2, 0.25) is 0 Å². The molecule has 0 fully saturated rings. The molecular formula is C19H20N2OS. The summed E-state index contributed by atoms with van der Waals surface area (Å²) < 4.78 is 7.85. The quantitative estimate of drug-likeness (QED) is 0.783. The molecule has 0 atom stereocenters. The molecule has 0 saturated heterocycles. The van der Waals surface area contributed by atoms with Crippen LogP contribution in [-0.2, 0) is 13.0 Å². The summed E-state index contributed by atoms with van der Waals surface area (Å²) in [6.07, 6.45) is 3.36. The normalized spacial score (nSPS) is 14.0. The second kappa shape index (κ2) is 5.95. The van der Waals surface area contributed by atoms with Gasteiger partial charge < -0.3 is 10.1 Å². The van der Waals surface area contributed by atoms with Gasteiger partial charge in [-0.25, -0.2) is 0 Å². The second-order valence-corrected chi connectivity index (χ2v) is 6.90. The highest BCUT2D eigenvalue weighted by atomic mass is 32.2. The van der Waals surface area contributed by atoms with Crippen LogP contribution in [0.15, 0.2) is 47.5 Å². The minimum absolute atomic E-state index is 0.934. The molecule has 1 aromatic heterocycles. The van der Waals surface area contributed by atoms with Crippen LogP contribution in [0.5, 0.6) is 5.75 Å². The van der Waals surface area contributed by atoms with E-state index in [9.17, 15) is 0 Å². The van der Waals surface area contributed by atoms with E-state index in [1.54, 1.807) is 19.1 Å². The molecule has 4 rings (SSSR count). The molecular weight excluding hydrogens is 304 g/mol. The van der Waals surface area contributed by atoms with Crippen LogP contribution in [0.2, 0.25) is 0 Å². The summed E-state index contributed by atoms with van der Waals surface area (Å²) in [5.74, 6) is 0.934. The minimum atomic E-state index is 0.934. The Morgan fingerprint density at radius 1 is 1.13 bits per heavy atom. The zero-order valence-electron chi connectivity index (χ0n) is 13.4. The number of aryl methyl sites for hydroxylation is 1. The molecule has 0 bridgehead atoms. The van der Waals surface area contributed by atoms with Gasteiger partial charge in [0.25, 0.3) is 0 Å². The lowest BCUT2D eigenvalue weighted by atomic mass is 10.1. The standard InChI is InChI=1S/C19H20N2OS/c1-13-5-3-8-17(22-2)19(13)23-21-12-15-9-10-20-11-14-6-4-7-16(21)18(14)15/h3-8,12,20H,9-11H2,1-2H3. The van der Waals surface area contributed by atoms with Gasteiger partial charge >= 0.3 is 0 Å². The molecule has 0 aliphatic carbocycles. The molecule has 2 heterocycles. The van der Waals surface area contributed by atoms with Crippen LogP contribution < -0.4 is 10.1 Å². The third-order valence-electron chi connectivity index (χ3n) is 4.43. The predicted octanol–water partition coefficient (Wildman–Crippen LogP) is 4.16. The average molecular weight is 324 g/mol. The number of nitrogens with zero attached hydrogens (tertiary/aromatic N) is 1. The lowest BCUT2D eigenvalue weighted by Gasteiger charge is -2.12. The maximum atomic E-state index is 5.56. The van der Waals surface area contributed by atoms with Gasteiger partial charge in [-0.15, -0.1) is 0 Å². The molecule has 2 aromatic carbocycles. The fourth-order valence-corrected chi connectivity index (χ4v) is 4.36. The maximum Gasteiger partial charge on any atom is 0.134 e. The molecule has 118 valence electrons. The van der Waals surface area contributed by atoms with Crippen LogP contribution >= 0.6 is 11.9 Å². The van der Waals surface area contributed by atoms with Gasteiger partial charge in [-0.3, -0.25) is 3.97 Å². The van der Waals surface area contributed by atoms with E-state index in [2.05, 4.69) is 46.7 Å². The van der Waals surface area contributed by atoms with Crippen molar-refractivity contribution in [3.05, 3.63) is 59.3 Å². The number of rotatable bonds is 3. The third kappa shape index (κ3) is 2.52. The lowest BCUT2D eigenvalue weighted by molar-refractivity contribution is 0.404. The Bertz CT molecular complexity index is 869. The molecule has 0 amide bonds. The first kappa shape index (κ1) is 14.7. The number of benzene rings is 2. The average Bonchev–Trinajstić information content (AvgIpc) is 2.78. The molecule has 3 aromatic rings. The Labute approximate surface area is 140 Å². The Morgan fingerprint density at radius 3 is 2.87 bits per heavy atom. The highest BCUT2D eigenvalue weighted by Crippen LogP contribution is 2.37. The van der Waals surface area contributed by atoms with Gasteiger partial charge in [-0.1, -0.05) is 24.3 Å². The zero-order valence-corrected chi connectivity index (χ0v) is 14.2. The molecule has 4 heteroatoms. The first-order chi connectivity index (χ1) is 11.3. The SMILES string of the molecule is COc1cccc(C)c1Sn1cc2c3c(cccc31)CNCC2. The summed E-state index contributed by atoms with van der Waals surface area (Å²) in [6.45, 7) is 4.12. The molecule has 1 aliphatic heterocycles. The molecule has 3 nitrogen and oxygen atoms in total. The number of methoxy groups -OCH3 is 1. The summed E-state index contributed by atoms with van der Waals surface area (Å²) in [4.78, 5) is 1.18. The fourth-order valence-electron chi connectivity index (χ4n) is 3.28. The van der Waals surface area contributed by atoms with Gasteiger partial charge in [-0.2, -0.15) is 0 Å². The van der Waals surface area contributed by atoms with Gasteiger partial charge in [0.05, 0.1) is 17.5 Å². The first-order valence-electron chi connectivity index (χ1n) is 7.92. The molecule has 1 N–H and O–H groups in total. The fraction of sp³-hybridized carbons (Fsp3) is 0.263. The Balaban J connectivity index is 1.85. The largest absolute Gasteiger partial charge is 0.496 e. The van der Waals surface area contributed by atoms with E-state index in [0.29, 0.717) is 0 Å². The second-order valence-electron chi connectivity index (χ2n) is 5.92. The van der Waals surface area contributed by atoms with Crippen molar-refractivity contribution in [1.82, 2.24) is 9.29 Å². The molecule has 0 unspecified atom stereocenters. The number of hydrogen-bond acceptors (Lipinski definition) is 3. The van der Waals surface area contributed by atoms with Crippen molar-refractivity contribution in [2.45, 2.75) is 24.8 Å². The molecule has 0 saturated carbocycles. The topological polar surface area (TPSA) is 26.2 Å². The summed E-state index contributed by atoms with van der Waals surface area (Å²) >= 11 is 1.75. The van der Waals surface area contributed by atoms with E-state index in [1.807, 2.05) is 12.1 Å². The third-order valence-corrected chi connectivity index (χ3v) is 5.64. The van der Waals surface area contributed by atoms with Crippen molar-refractivity contribution in [3.8, 4) is 5.75 Å². The Kier molecular flexibility index (Phi) is 3.79. The van der Waals surface area contributed by atoms with Crippen molar-refractivity contribution < 1.29 is 4.74 Å². The smallest absolute Gasteiger partial charge is 0.134 e. The summed E-state index contributed by atoms with van der Waals surface area (Å²) in [7, 11) is 1.74. The molecule has 1 aliphatic rings. The van der Waals surface area contributed by atoms with Crippen molar-refractivity contribution >= 4 is 22.9 Å². The van der Waals surface area contributed by atoms with Crippen LogP contribution in [0.1, 0.15) is 16.7 Å². The van der Waals surface area contributed by atoms with Gasteiger partial charge in [0.1, 0.15) is 5.75 Å². The zero-order chi connectivity index (χ0) is 15.8. The summed E-state index contributed by atoms with van der Waals surface area (Å²) in [5.41, 5.74) is 5.35. The molecule has 0 radical (unpaired) electrons. The van der Waals surface area contributed by atoms with Crippen molar-refractivity contribution in [1.29, 1.82) is 0 Å². The maximum absolute atomic E-state index is 5.56. The number of aromatic nitrogens is 1. The van der Waals surface area contributed by atoms with Crippen molar-refractivity contribution in [3.63, 3.8) is 0 Å². The summed E-state index contributed by atoms with van der Waals surface area (Å²) in [5, 5.41) is 4.92. The van der Waals surface area contributed by atoms with Crippen LogP contribution in [0.3, 0.4) is 0 Å². The van der Waals surface area contributed by atoms with E-state index in [0.717, 1.165) is 25.3 Å². The highest BCUT2D eigenvalue weighted by Gasteiger charge is 2.17. The van der Waals surface area contributed by atoms with Gasteiger partial charge in [0.15, 0.2) is 0 Å². The van der Waals surface area contributed by atoms with E-state index in [1.165, 1.54) is 32.5 Å².